The van der Waals surface area contributed by atoms with Crippen LogP contribution in [0, 0.1) is 0 Å². The molecule has 0 saturated carbocycles. The van der Waals surface area contributed by atoms with Gasteiger partial charge in [0.2, 0.25) is 5.91 Å². The molecule has 1 atom stereocenters. The molecule has 0 unspecified atom stereocenters. The lowest BCUT2D eigenvalue weighted by Crippen LogP contribution is -2.44. The second-order valence-corrected chi connectivity index (χ2v) is 7.03. The van der Waals surface area contributed by atoms with Crippen molar-refractivity contribution >= 4 is 28.9 Å². The highest BCUT2D eigenvalue weighted by molar-refractivity contribution is 7.13. The highest BCUT2D eigenvalue weighted by Gasteiger charge is 2.38. The van der Waals surface area contributed by atoms with Gasteiger partial charge in [0.25, 0.3) is 0 Å². The van der Waals surface area contributed by atoms with E-state index in [0.717, 1.165) is 22.0 Å². The molecule has 0 fully saturated rings. The van der Waals surface area contributed by atoms with E-state index in [1.807, 2.05) is 47.8 Å². The number of carbonyl (C=O) groups is 2. The van der Waals surface area contributed by atoms with Crippen molar-refractivity contribution in [3.05, 3.63) is 65.3 Å². The van der Waals surface area contributed by atoms with Crippen LogP contribution >= 0.6 is 11.3 Å². The first-order valence-corrected chi connectivity index (χ1v) is 9.39. The molecule has 136 valence electrons. The number of para-hydroxylation sites is 1. The second kappa shape index (κ2) is 7.28. The Morgan fingerprint density at radius 2 is 2.04 bits per heavy atom. The van der Waals surface area contributed by atoms with Gasteiger partial charge in [-0.1, -0.05) is 24.3 Å². The van der Waals surface area contributed by atoms with E-state index in [2.05, 4.69) is 9.97 Å². The van der Waals surface area contributed by atoms with Crippen LogP contribution in [0.5, 0.6) is 0 Å². The van der Waals surface area contributed by atoms with Gasteiger partial charge in [-0.05, 0) is 23.8 Å². The Bertz CT molecular complexity index is 987. The van der Waals surface area contributed by atoms with Gasteiger partial charge in [0, 0.05) is 23.7 Å². The fourth-order valence-electron chi connectivity index (χ4n) is 3.25. The molecule has 2 aromatic heterocycles. The number of hydrogen-bond donors (Lipinski definition) is 0. The van der Waals surface area contributed by atoms with E-state index in [1.165, 1.54) is 18.4 Å². The van der Waals surface area contributed by atoms with Gasteiger partial charge >= 0.3 is 5.97 Å². The van der Waals surface area contributed by atoms with Crippen LogP contribution in [0.2, 0.25) is 0 Å². The van der Waals surface area contributed by atoms with Crippen LogP contribution in [-0.2, 0) is 27.2 Å². The highest BCUT2D eigenvalue weighted by atomic mass is 32.1. The maximum atomic E-state index is 13.0. The van der Waals surface area contributed by atoms with Crippen molar-refractivity contribution in [2.75, 3.05) is 12.0 Å². The molecule has 0 N–H and O–H groups in total. The van der Waals surface area contributed by atoms with Crippen LogP contribution in [-0.4, -0.2) is 35.0 Å². The van der Waals surface area contributed by atoms with Gasteiger partial charge in [-0.25, -0.2) is 9.78 Å². The summed E-state index contributed by atoms with van der Waals surface area (Å²) in [5.74, 6) is -0.583. The largest absolute Gasteiger partial charge is 0.467 e. The molecule has 0 spiro atoms. The number of anilines is 1. The van der Waals surface area contributed by atoms with Crippen molar-refractivity contribution in [3.63, 3.8) is 0 Å². The zero-order valence-electron chi connectivity index (χ0n) is 14.7. The van der Waals surface area contributed by atoms with Gasteiger partial charge in [-0.3, -0.25) is 14.7 Å². The van der Waals surface area contributed by atoms with Gasteiger partial charge < -0.3 is 4.74 Å². The van der Waals surface area contributed by atoms with Gasteiger partial charge in [-0.15, -0.1) is 11.3 Å². The number of thiazole rings is 1. The minimum atomic E-state index is -0.631. The molecule has 4 rings (SSSR count). The van der Waals surface area contributed by atoms with Crippen molar-refractivity contribution in [3.8, 4) is 10.7 Å². The molecule has 0 radical (unpaired) electrons. The third-order valence-electron chi connectivity index (χ3n) is 4.49. The maximum Gasteiger partial charge on any atom is 0.329 e. The molecule has 1 aromatic carbocycles. The topological polar surface area (TPSA) is 72.4 Å². The number of benzene rings is 1. The minimum Gasteiger partial charge on any atom is -0.467 e. The summed E-state index contributed by atoms with van der Waals surface area (Å²) < 4.78 is 4.90. The second-order valence-electron chi connectivity index (χ2n) is 6.17. The number of methoxy groups -OCH3 is 1. The summed E-state index contributed by atoms with van der Waals surface area (Å²) in [5, 5.41) is 2.63. The van der Waals surface area contributed by atoms with Gasteiger partial charge in [0.1, 0.15) is 11.0 Å². The highest BCUT2D eigenvalue weighted by Crippen LogP contribution is 2.33. The Morgan fingerprint density at radius 1 is 1.22 bits per heavy atom. The zero-order chi connectivity index (χ0) is 18.8. The lowest BCUT2D eigenvalue weighted by molar-refractivity contribution is -0.143. The summed E-state index contributed by atoms with van der Waals surface area (Å²) in [4.78, 5) is 35.6. The van der Waals surface area contributed by atoms with E-state index >= 15 is 0 Å². The van der Waals surface area contributed by atoms with Gasteiger partial charge in [0.15, 0.2) is 0 Å². The first-order valence-electron chi connectivity index (χ1n) is 8.51. The van der Waals surface area contributed by atoms with Crippen LogP contribution in [0.4, 0.5) is 5.69 Å². The van der Waals surface area contributed by atoms with Crippen LogP contribution in [0.3, 0.4) is 0 Å². The molecule has 7 heteroatoms. The van der Waals surface area contributed by atoms with Crippen LogP contribution in [0.15, 0.2) is 54.0 Å². The van der Waals surface area contributed by atoms with Crippen molar-refractivity contribution in [2.24, 2.45) is 0 Å². The number of rotatable bonds is 4. The molecular weight excluding hydrogens is 362 g/mol. The fourth-order valence-corrected chi connectivity index (χ4v) is 4.05. The monoisotopic (exact) mass is 379 g/mol. The SMILES string of the molecule is COC(=O)[C@H]1Cc2ccccc2N1C(=O)Cc1csc(-c2ccccn2)n1. The molecule has 1 amide bonds. The zero-order valence-corrected chi connectivity index (χ0v) is 15.5. The van der Waals surface area contributed by atoms with E-state index in [4.69, 9.17) is 4.74 Å². The molecule has 3 aromatic rings. The third-order valence-corrected chi connectivity index (χ3v) is 5.40. The molecule has 6 nitrogen and oxygen atoms in total. The average Bonchev–Trinajstić information content (AvgIpc) is 3.32. The smallest absolute Gasteiger partial charge is 0.329 e. The Labute approximate surface area is 160 Å². The van der Waals surface area contributed by atoms with Crippen LogP contribution in [0.1, 0.15) is 11.3 Å². The van der Waals surface area contributed by atoms with Crippen molar-refractivity contribution in [1.29, 1.82) is 0 Å². The summed E-state index contributed by atoms with van der Waals surface area (Å²) in [6.45, 7) is 0. The third kappa shape index (κ3) is 3.33. The van der Waals surface area contributed by atoms with E-state index in [-0.39, 0.29) is 12.3 Å². The Morgan fingerprint density at radius 3 is 2.81 bits per heavy atom. The Balaban J connectivity index is 1.58. The standard InChI is InChI=1S/C20H17N3O3S/c1-26-20(25)17-10-13-6-2-3-8-16(13)23(17)18(24)11-14-12-27-19(22-14)15-7-4-5-9-21-15/h2-9,12,17H,10-11H2,1H3/t17-/m1/s1. The molecule has 27 heavy (non-hydrogen) atoms. The predicted octanol–water partition coefficient (Wildman–Crippen LogP) is 2.88. The number of nitrogens with zero attached hydrogens (tertiary/aromatic N) is 3. The Kier molecular flexibility index (Phi) is 4.68. The average molecular weight is 379 g/mol. The molecular formula is C20H17N3O3S. The molecule has 0 saturated heterocycles. The molecule has 3 heterocycles. The number of amides is 1. The number of carbonyl (C=O) groups excluding carboxylic acids is 2. The maximum absolute atomic E-state index is 13.0. The fraction of sp³-hybridized carbons (Fsp3) is 0.200. The van der Waals surface area contributed by atoms with Crippen molar-refractivity contribution in [2.45, 2.75) is 18.9 Å². The number of pyridine rings is 1. The minimum absolute atomic E-state index is 0.116. The summed E-state index contributed by atoms with van der Waals surface area (Å²) in [6, 6.07) is 12.6. The van der Waals surface area contributed by atoms with E-state index in [1.54, 1.807) is 11.1 Å². The summed E-state index contributed by atoms with van der Waals surface area (Å²) in [5.41, 5.74) is 3.17. The van der Waals surface area contributed by atoms with Crippen LogP contribution in [0.25, 0.3) is 10.7 Å². The van der Waals surface area contributed by atoms with Crippen molar-refractivity contribution < 1.29 is 14.3 Å². The molecule has 0 bridgehead atoms. The summed E-state index contributed by atoms with van der Waals surface area (Å²) in [6.07, 6.45) is 2.29. The normalized spacial score (nSPS) is 15.4. The predicted molar refractivity (Wildman–Crippen MR) is 102 cm³/mol. The summed E-state index contributed by atoms with van der Waals surface area (Å²) >= 11 is 1.45. The lowest BCUT2D eigenvalue weighted by atomic mass is 10.1. The van der Waals surface area contributed by atoms with E-state index in [9.17, 15) is 9.59 Å². The van der Waals surface area contributed by atoms with Crippen LogP contribution < -0.4 is 4.90 Å². The van der Waals surface area contributed by atoms with Crippen molar-refractivity contribution in [1.82, 2.24) is 9.97 Å². The lowest BCUT2D eigenvalue weighted by Gasteiger charge is -2.23. The molecule has 1 aliphatic rings. The first-order chi connectivity index (χ1) is 13.2. The number of hydrogen-bond acceptors (Lipinski definition) is 6. The Hall–Kier alpha value is -3.06. The summed E-state index contributed by atoms with van der Waals surface area (Å²) in [7, 11) is 1.34. The van der Waals surface area contributed by atoms with Gasteiger partial charge in [-0.2, -0.15) is 0 Å². The van der Waals surface area contributed by atoms with E-state index in [0.29, 0.717) is 12.1 Å². The molecule has 1 aliphatic heterocycles. The number of fused-ring (bicyclic) bond motifs is 1. The first kappa shape index (κ1) is 17.4. The number of ether oxygens (including phenoxy) is 1. The van der Waals surface area contributed by atoms with Gasteiger partial charge in [0.05, 0.1) is 24.9 Å². The number of esters is 1. The molecule has 0 aliphatic carbocycles. The quantitative estimate of drug-likeness (QED) is 0.652. The number of aromatic nitrogens is 2. The van der Waals surface area contributed by atoms with E-state index < -0.39 is 12.0 Å².